The lowest BCUT2D eigenvalue weighted by Crippen LogP contribution is -2.63. The van der Waals surface area contributed by atoms with E-state index in [1.165, 1.54) is 54.8 Å². The zero-order chi connectivity index (χ0) is 51.5. The molecule has 1 spiro atoms. The fraction of sp³-hybridized carbons (Fsp3) is 0.527. The van der Waals surface area contributed by atoms with Crippen molar-refractivity contribution in [3.05, 3.63) is 99.5 Å². The van der Waals surface area contributed by atoms with Gasteiger partial charge in [-0.05, 0) is 124 Å². The molecule has 4 N–H and O–H groups in total. The maximum absolute atomic E-state index is 15.2. The SMILES string of the molecule is CC(C)c1ccccc1[C@@H]1CCC[C@@H]1N1CC2(CCN(c3ccc(C(=O)NS(=O)(=O)c4cc5c(c([N+](=O)[O-])c4)N[C@@H](C4CCC(C)(O)CC4)CO5)c(Oc4cc5c(F)c[nH]c5nc4OCCN4CCC4)c3)CC2)C1. The van der Waals surface area contributed by atoms with Gasteiger partial charge in [0.2, 0.25) is 0 Å². The zero-order valence-corrected chi connectivity index (χ0v) is 43.2. The molecule has 394 valence electrons. The fourth-order valence-electron chi connectivity index (χ4n) is 12.5. The number of halogens is 1. The number of anilines is 2. The third-order valence-electron chi connectivity index (χ3n) is 17.0. The summed E-state index contributed by atoms with van der Waals surface area (Å²) in [5, 5.41) is 26.4. The number of hydrogen-bond donors (Lipinski definition) is 4. The third kappa shape index (κ3) is 9.99. The molecule has 5 aromatic rings. The van der Waals surface area contributed by atoms with Crippen molar-refractivity contribution in [2.24, 2.45) is 11.3 Å². The summed E-state index contributed by atoms with van der Waals surface area (Å²) >= 11 is 0. The Labute approximate surface area is 431 Å². The minimum absolute atomic E-state index is 0.0222. The molecule has 0 unspecified atom stereocenters. The Morgan fingerprint density at radius 2 is 1.77 bits per heavy atom. The molecular formula is C55H67FN8O9S. The van der Waals surface area contributed by atoms with Gasteiger partial charge in [-0.25, -0.2) is 17.5 Å². The van der Waals surface area contributed by atoms with Gasteiger partial charge in [0, 0.05) is 74.9 Å². The van der Waals surface area contributed by atoms with Gasteiger partial charge in [-0.1, -0.05) is 44.5 Å². The van der Waals surface area contributed by atoms with Crippen LogP contribution in [0.25, 0.3) is 11.0 Å². The Morgan fingerprint density at radius 1 is 1.00 bits per heavy atom. The number of amides is 1. The van der Waals surface area contributed by atoms with Gasteiger partial charge in [0.1, 0.15) is 30.4 Å². The maximum atomic E-state index is 15.2. The molecule has 19 heteroatoms. The largest absolute Gasteiger partial charge is 0.489 e. The van der Waals surface area contributed by atoms with E-state index in [0.717, 1.165) is 70.3 Å². The highest BCUT2D eigenvalue weighted by Gasteiger charge is 2.49. The molecule has 17 nitrogen and oxygen atoms in total. The minimum Gasteiger partial charge on any atom is -0.489 e. The number of benzene rings is 3. The summed E-state index contributed by atoms with van der Waals surface area (Å²) in [5.74, 6) is -0.518. The van der Waals surface area contributed by atoms with E-state index in [1.807, 2.05) is 0 Å². The fourth-order valence-corrected chi connectivity index (χ4v) is 13.5. The van der Waals surface area contributed by atoms with E-state index in [-0.39, 0.29) is 76.0 Å². The number of nitrogens with one attached hydrogen (secondary N) is 3. The maximum Gasteiger partial charge on any atom is 0.297 e. The van der Waals surface area contributed by atoms with E-state index < -0.39 is 42.9 Å². The molecule has 3 saturated heterocycles. The first-order chi connectivity index (χ1) is 35.5. The van der Waals surface area contributed by atoms with Gasteiger partial charge in [-0.2, -0.15) is 4.98 Å². The number of nitro groups is 1. The van der Waals surface area contributed by atoms with Crippen LogP contribution in [0.5, 0.6) is 23.1 Å². The van der Waals surface area contributed by atoms with Crippen molar-refractivity contribution in [3.63, 3.8) is 0 Å². The molecule has 0 radical (unpaired) electrons. The molecule has 1 amide bonds. The number of aromatic amines is 1. The Balaban J connectivity index is 0.846. The number of ether oxygens (including phenoxy) is 3. The summed E-state index contributed by atoms with van der Waals surface area (Å²) in [7, 11) is -4.77. The average Bonchev–Trinajstić information content (AvgIpc) is 4.00. The number of carbonyl (C=O) groups is 1. The van der Waals surface area contributed by atoms with E-state index in [4.69, 9.17) is 14.2 Å². The van der Waals surface area contributed by atoms with Crippen LogP contribution in [0.15, 0.2) is 71.8 Å². The first-order valence-electron chi connectivity index (χ1n) is 26.5. The van der Waals surface area contributed by atoms with Crippen LogP contribution in [0, 0.1) is 27.3 Å². The quantitative estimate of drug-likeness (QED) is 0.0571. The molecule has 74 heavy (non-hydrogen) atoms. The average molecular weight is 1040 g/mol. The molecule has 6 aliphatic rings. The number of fused-ring (bicyclic) bond motifs is 2. The van der Waals surface area contributed by atoms with Crippen molar-refractivity contribution in [3.8, 4) is 23.1 Å². The van der Waals surface area contributed by atoms with Crippen LogP contribution in [0.1, 0.15) is 118 Å². The first kappa shape index (κ1) is 50.2. The lowest BCUT2D eigenvalue weighted by molar-refractivity contribution is -0.384. The Kier molecular flexibility index (Phi) is 13.5. The van der Waals surface area contributed by atoms with Gasteiger partial charge in [0.05, 0.1) is 32.4 Å². The van der Waals surface area contributed by atoms with Gasteiger partial charge < -0.3 is 34.5 Å². The number of sulfonamides is 1. The summed E-state index contributed by atoms with van der Waals surface area (Å²) in [6, 6.07) is 17.7. The molecule has 3 atom stereocenters. The standard InChI is InChI=1S/C55H67FN8O9S/c1-34(2)38-8-4-5-9-39(38)40-10-6-11-45(40)63-32-55(33-63)18-22-62(23-19-55)36-12-13-41(47(26-36)73-49-29-42-43(56)30-57-51(42)59-53(49)71-25-24-61-20-7-21-61)52(65)60-74(69,70)37-27-46(64(67)68)50-48(28-37)72-31-44(58-50)35-14-16-54(3,66)17-15-35/h4-5,8-9,12-13,26-30,34-35,40,44-45,58,66H,6-7,10-11,14-25,31-33H2,1-3H3,(H,57,59)(H,60,65)/t35?,40-,44+,45-,54?/m0/s1. The molecule has 0 bridgehead atoms. The number of nitro benzene ring substituents is 1. The van der Waals surface area contributed by atoms with Gasteiger partial charge in [0.15, 0.2) is 17.2 Å². The highest BCUT2D eigenvalue weighted by molar-refractivity contribution is 7.90. The number of pyridine rings is 1. The summed E-state index contributed by atoms with van der Waals surface area (Å²) in [6.45, 7) is 12.9. The number of hydrogen-bond acceptors (Lipinski definition) is 14. The highest BCUT2D eigenvalue weighted by Crippen LogP contribution is 2.50. The second kappa shape index (κ2) is 19.9. The van der Waals surface area contributed by atoms with Crippen molar-refractivity contribution >= 4 is 44.0 Å². The van der Waals surface area contributed by atoms with Crippen LogP contribution >= 0.6 is 0 Å². The number of aromatic nitrogens is 2. The number of piperidine rings is 1. The molecule has 3 aromatic carbocycles. The number of aliphatic hydroxyl groups is 1. The number of nitrogens with zero attached hydrogens (tertiary/aromatic N) is 5. The normalized spacial score (nSPS) is 24.9. The lowest BCUT2D eigenvalue weighted by atomic mass is 9.70. The van der Waals surface area contributed by atoms with Crippen molar-refractivity contribution < 1.29 is 41.8 Å². The van der Waals surface area contributed by atoms with Gasteiger partial charge >= 0.3 is 0 Å². The molecule has 11 rings (SSSR count). The number of H-pyrrole nitrogens is 1. The second-order valence-electron chi connectivity index (χ2n) is 22.3. The summed E-state index contributed by atoms with van der Waals surface area (Å²) in [4.78, 5) is 40.3. The number of carbonyl (C=O) groups excluding carboxylic acids is 1. The number of likely N-dealkylation sites (tertiary alicyclic amines) is 2. The van der Waals surface area contributed by atoms with Gasteiger partial charge in [-0.3, -0.25) is 24.7 Å². The molecule has 5 fully saturated rings. The van der Waals surface area contributed by atoms with Gasteiger partial charge in [0.25, 0.3) is 27.5 Å². The van der Waals surface area contributed by atoms with E-state index in [9.17, 15) is 28.4 Å². The molecule has 2 aliphatic carbocycles. The third-order valence-corrected chi connectivity index (χ3v) is 18.3. The smallest absolute Gasteiger partial charge is 0.297 e. The summed E-state index contributed by atoms with van der Waals surface area (Å²) in [5.41, 5.74) is 2.75. The Morgan fingerprint density at radius 3 is 2.50 bits per heavy atom. The van der Waals surface area contributed by atoms with E-state index in [1.54, 1.807) is 19.1 Å². The summed E-state index contributed by atoms with van der Waals surface area (Å²) in [6.07, 6.45) is 10.4. The Hall–Kier alpha value is -6.02. The predicted molar refractivity (Wildman–Crippen MR) is 279 cm³/mol. The lowest BCUT2D eigenvalue weighted by Gasteiger charge is -2.57. The van der Waals surface area contributed by atoms with Crippen molar-refractivity contribution in [2.75, 3.05) is 69.2 Å². The van der Waals surface area contributed by atoms with E-state index in [0.29, 0.717) is 50.1 Å². The van der Waals surface area contributed by atoms with Crippen molar-refractivity contribution in [2.45, 2.75) is 119 Å². The van der Waals surface area contributed by atoms with Crippen LogP contribution in [0.3, 0.4) is 0 Å². The first-order valence-corrected chi connectivity index (χ1v) is 27.9. The van der Waals surface area contributed by atoms with Crippen molar-refractivity contribution in [1.29, 1.82) is 0 Å². The van der Waals surface area contributed by atoms with Crippen LogP contribution in [-0.2, 0) is 10.0 Å². The van der Waals surface area contributed by atoms with Crippen molar-refractivity contribution in [1.82, 2.24) is 24.5 Å². The van der Waals surface area contributed by atoms with Crippen LogP contribution in [0.2, 0.25) is 0 Å². The van der Waals surface area contributed by atoms with Crippen LogP contribution in [0.4, 0.5) is 21.5 Å². The number of rotatable bonds is 15. The zero-order valence-electron chi connectivity index (χ0n) is 42.4. The van der Waals surface area contributed by atoms with E-state index in [2.05, 4.69) is 72.8 Å². The molecule has 2 saturated carbocycles. The van der Waals surface area contributed by atoms with E-state index >= 15 is 4.39 Å². The monoisotopic (exact) mass is 1030 g/mol. The predicted octanol–water partition coefficient (Wildman–Crippen LogP) is 9.08. The van der Waals surface area contributed by atoms with Crippen LogP contribution in [-0.4, -0.2) is 121 Å². The topological polar surface area (TPSA) is 205 Å². The molecule has 4 aliphatic heterocycles. The summed E-state index contributed by atoms with van der Waals surface area (Å²) < 4.78 is 64.4. The molecular weight excluding hydrogens is 968 g/mol. The highest BCUT2D eigenvalue weighted by atomic mass is 32.2. The molecule has 6 heterocycles. The molecule has 2 aromatic heterocycles. The minimum atomic E-state index is -4.77. The van der Waals surface area contributed by atoms with Gasteiger partial charge in [-0.15, -0.1) is 0 Å². The van der Waals surface area contributed by atoms with Crippen LogP contribution < -0.4 is 29.1 Å². The second-order valence-corrected chi connectivity index (χ2v) is 24.0. The Bertz CT molecular complexity index is 3050.